The number of halogens is 1. The predicted octanol–water partition coefficient (Wildman–Crippen LogP) is 3.55. The lowest BCUT2D eigenvalue weighted by molar-refractivity contribution is 0.148. The van der Waals surface area contributed by atoms with Gasteiger partial charge in [-0.1, -0.05) is 58.4 Å². The molecule has 1 saturated heterocycles. The normalized spacial score (nSPS) is 16.8. The lowest BCUT2D eigenvalue weighted by Gasteiger charge is -2.34. The fourth-order valence-corrected chi connectivity index (χ4v) is 4.66. The van der Waals surface area contributed by atoms with Gasteiger partial charge in [-0.15, -0.1) is 0 Å². The summed E-state index contributed by atoms with van der Waals surface area (Å²) in [5, 5.41) is 0. The third-order valence-electron chi connectivity index (χ3n) is 4.79. The fourth-order valence-electron chi connectivity index (χ4n) is 3.11. The molecule has 0 atom stereocenters. The SMILES string of the molecule is O=S(=O)(CCN1CCN(C/C=C/c2ccccc2)CC1)c1ccc(Br)cc1. The molecule has 144 valence electrons. The van der Waals surface area contributed by atoms with Gasteiger partial charge in [-0.2, -0.15) is 0 Å². The van der Waals surface area contributed by atoms with Crippen molar-refractivity contribution in [2.75, 3.05) is 45.0 Å². The smallest absolute Gasteiger partial charge is 0.179 e. The van der Waals surface area contributed by atoms with Crippen LogP contribution in [0.25, 0.3) is 6.08 Å². The van der Waals surface area contributed by atoms with E-state index in [4.69, 9.17) is 0 Å². The minimum Gasteiger partial charge on any atom is -0.300 e. The predicted molar refractivity (Wildman–Crippen MR) is 115 cm³/mol. The number of hydrogen-bond donors (Lipinski definition) is 0. The lowest BCUT2D eigenvalue weighted by atomic mass is 10.2. The van der Waals surface area contributed by atoms with Gasteiger partial charge in [-0.05, 0) is 29.8 Å². The minimum absolute atomic E-state index is 0.169. The Balaban J connectivity index is 1.41. The highest BCUT2D eigenvalue weighted by atomic mass is 79.9. The molecule has 1 aliphatic rings. The summed E-state index contributed by atoms with van der Waals surface area (Å²) in [6, 6.07) is 17.2. The number of nitrogens with zero attached hydrogens (tertiary/aromatic N) is 2. The highest BCUT2D eigenvalue weighted by Crippen LogP contribution is 2.16. The van der Waals surface area contributed by atoms with Crippen molar-refractivity contribution in [2.24, 2.45) is 0 Å². The van der Waals surface area contributed by atoms with E-state index in [1.54, 1.807) is 24.3 Å². The van der Waals surface area contributed by atoms with Gasteiger partial charge in [0.15, 0.2) is 9.84 Å². The molecule has 3 rings (SSSR count). The Hall–Kier alpha value is -1.47. The Kier molecular flexibility index (Phi) is 7.24. The van der Waals surface area contributed by atoms with Crippen LogP contribution in [0.1, 0.15) is 5.56 Å². The summed E-state index contributed by atoms with van der Waals surface area (Å²) in [6.07, 6.45) is 4.35. The zero-order chi connectivity index (χ0) is 19.1. The van der Waals surface area contributed by atoms with E-state index in [9.17, 15) is 8.42 Å². The molecule has 0 aliphatic carbocycles. The van der Waals surface area contributed by atoms with Gasteiger partial charge in [0.2, 0.25) is 0 Å². The molecular formula is C21H25BrN2O2S. The molecule has 0 bridgehead atoms. The van der Waals surface area contributed by atoms with Gasteiger partial charge >= 0.3 is 0 Å². The second-order valence-corrected chi connectivity index (χ2v) is 9.75. The maximum Gasteiger partial charge on any atom is 0.179 e. The average molecular weight is 449 g/mol. The molecule has 2 aromatic rings. The quantitative estimate of drug-likeness (QED) is 0.649. The molecule has 27 heavy (non-hydrogen) atoms. The van der Waals surface area contributed by atoms with Crippen molar-refractivity contribution in [3.8, 4) is 0 Å². The van der Waals surface area contributed by atoms with E-state index in [1.807, 2.05) is 18.2 Å². The number of hydrogen-bond acceptors (Lipinski definition) is 4. The minimum atomic E-state index is -3.22. The summed E-state index contributed by atoms with van der Waals surface area (Å²) < 4.78 is 25.8. The van der Waals surface area contributed by atoms with Crippen LogP contribution in [0, 0.1) is 0 Å². The van der Waals surface area contributed by atoms with Gasteiger partial charge in [0, 0.05) is 43.7 Å². The number of sulfone groups is 1. The van der Waals surface area contributed by atoms with Crippen LogP contribution in [0.4, 0.5) is 0 Å². The van der Waals surface area contributed by atoms with E-state index in [0.717, 1.165) is 37.2 Å². The Morgan fingerprint density at radius 2 is 1.52 bits per heavy atom. The summed E-state index contributed by atoms with van der Waals surface area (Å²) in [5.41, 5.74) is 1.22. The highest BCUT2D eigenvalue weighted by Gasteiger charge is 2.20. The van der Waals surface area contributed by atoms with Crippen LogP contribution in [0.5, 0.6) is 0 Å². The van der Waals surface area contributed by atoms with Gasteiger partial charge in [-0.25, -0.2) is 8.42 Å². The van der Waals surface area contributed by atoms with E-state index < -0.39 is 9.84 Å². The fraction of sp³-hybridized carbons (Fsp3) is 0.333. The molecule has 2 aromatic carbocycles. The summed E-state index contributed by atoms with van der Waals surface area (Å²) >= 11 is 3.34. The molecule has 0 amide bonds. The van der Waals surface area contributed by atoms with Crippen LogP contribution < -0.4 is 0 Å². The molecule has 0 radical (unpaired) electrons. The van der Waals surface area contributed by atoms with E-state index in [2.05, 4.69) is 50.0 Å². The first kappa shape index (κ1) is 20.3. The second-order valence-electron chi connectivity index (χ2n) is 6.73. The molecule has 0 N–H and O–H groups in total. The van der Waals surface area contributed by atoms with Crippen LogP contribution in [0.15, 0.2) is 70.0 Å². The van der Waals surface area contributed by atoms with Crippen LogP contribution in [0.2, 0.25) is 0 Å². The summed E-state index contributed by atoms with van der Waals surface area (Å²) in [5.74, 6) is 0.169. The molecule has 4 nitrogen and oxygen atoms in total. The average Bonchev–Trinajstić information content (AvgIpc) is 2.69. The third kappa shape index (κ3) is 6.28. The number of rotatable bonds is 7. The molecule has 0 spiro atoms. The highest BCUT2D eigenvalue weighted by molar-refractivity contribution is 9.10. The van der Waals surface area contributed by atoms with Crippen molar-refractivity contribution < 1.29 is 8.42 Å². The van der Waals surface area contributed by atoms with Crippen molar-refractivity contribution in [2.45, 2.75) is 4.90 Å². The van der Waals surface area contributed by atoms with Gasteiger partial charge < -0.3 is 0 Å². The standard InChI is InChI=1S/C21H25BrN2O2S/c22-20-8-10-21(11-9-20)27(25,26)18-17-24-15-13-23(14-16-24)12-4-7-19-5-2-1-3-6-19/h1-11H,12-18H2/b7-4+. The molecule has 0 unspecified atom stereocenters. The van der Waals surface area contributed by atoms with Crippen LogP contribution in [0.3, 0.4) is 0 Å². The van der Waals surface area contributed by atoms with Crippen molar-refractivity contribution in [1.29, 1.82) is 0 Å². The monoisotopic (exact) mass is 448 g/mol. The summed E-state index contributed by atoms with van der Waals surface area (Å²) in [6.45, 7) is 5.28. The summed E-state index contributed by atoms with van der Waals surface area (Å²) in [7, 11) is -3.22. The Labute approximate surface area is 170 Å². The Bertz CT molecular complexity index is 844. The zero-order valence-electron chi connectivity index (χ0n) is 15.3. The topological polar surface area (TPSA) is 40.6 Å². The van der Waals surface area contributed by atoms with Crippen molar-refractivity contribution in [3.63, 3.8) is 0 Å². The van der Waals surface area contributed by atoms with E-state index in [0.29, 0.717) is 11.4 Å². The van der Waals surface area contributed by atoms with Gasteiger partial charge in [0.25, 0.3) is 0 Å². The van der Waals surface area contributed by atoms with Crippen molar-refractivity contribution >= 4 is 31.8 Å². The van der Waals surface area contributed by atoms with Gasteiger partial charge in [0.1, 0.15) is 0 Å². The maximum absolute atomic E-state index is 12.5. The zero-order valence-corrected chi connectivity index (χ0v) is 17.7. The van der Waals surface area contributed by atoms with Gasteiger partial charge in [-0.3, -0.25) is 9.80 Å². The van der Waals surface area contributed by atoms with Gasteiger partial charge in [0.05, 0.1) is 10.6 Å². The van der Waals surface area contributed by atoms with Crippen LogP contribution >= 0.6 is 15.9 Å². The Morgan fingerprint density at radius 3 is 2.19 bits per heavy atom. The van der Waals surface area contributed by atoms with Crippen LogP contribution in [-0.2, 0) is 9.84 Å². The third-order valence-corrected chi connectivity index (χ3v) is 7.03. The van der Waals surface area contributed by atoms with E-state index >= 15 is 0 Å². The van der Waals surface area contributed by atoms with Crippen molar-refractivity contribution in [1.82, 2.24) is 9.80 Å². The van der Waals surface area contributed by atoms with E-state index in [1.165, 1.54) is 5.56 Å². The summed E-state index contributed by atoms with van der Waals surface area (Å²) in [4.78, 5) is 5.04. The first-order valence-corrected chi connectivity index (χ1v) is 11.6. The molecule has 0 aromatic heterocycles. The largest absolute Gasteiger partial charge is 0.300 e. The number of piperazine rings is 1. The first-order valence-electron chi connectivity index (χ1n) is 9.17. The van der Waals surface area contributed by atoms with Crippen LogP contribution in [-0.4, -0.2) is 63.2 Å². The molecule has 6 heteroatoms. The molecule has 1 aliphatic heterocycles. The molecule has 1 fully saturated rings. The van der Waals surface area contributed by atoms with E-state index in [-0.39, 0.29) is 5.75 Å². The Morgan fingerprint density at radius 1 is 0.889 bits per heavy atom. The molecule has 0 saturated carbocycles. The maximum atomic E-state index is 12.5. The lowest BCUT2D eigenvalue weighted by Crippen LogP contribution is -2.47. The second kappa shape index (κ2) is 9.64. The first-order chi connectivity index (χ1) is 13.0. The number of benzene rings is 2. The molecular weight excluding hydrogens is 424 g/mol. The van der Waals surface area contributed by atoms with Crippen molar-refractivity contribution in [3.05, 3.63) is 70.7 Å². The molecule has 1 heterocycles.